The molecule has 2 rings (SSSR count). The van der Waals surface area contributed by atoms with Crippen molar-refractivity contribution in [1.29, 1.82) is 0 Å². The van der Waals surface area contributed by atoms with Crippen LogP contribution in [0, 0.1) is 15.9 Å². The van der Waals surface area contributed by atoms with Crippen molar-refractivity contribution in [3.8, 4) is 5.75 Å². The van der Waals surface area contributed by atoms with Crippen LogP contribution in [0.3, 0.4) is 0 Å². The predicted octanol–water partition coefficient (Wildman–Crippen LogP) is 3.30. The first-order valence-corrected chi connectivity index (χ1v) is 6.80. The van der Waals surface area contributed by atoms with Crippen LogP contribution in [0.25, 0.3) is 0 Å². The first-order valence-electron chi connectivity index (χ1n) is 6.80. The lowest BCUT2D eigenvalue weighted by molar-refractivity contribution is -0.385. The molecule has 0 heterocycles. The van der Waals surface area contributed by atoms with Crippen LogP contribution in [-0.2, 0) is 11.3 Å². The fourth-order valence-electron chi connectivity index (χ4n) is 2.21. The van der Waals surface area contributed by atoms with E-state index in [1.807, 2.05) is 30.3 Å². The molecule has 6 nitrogen and oxygen atoms in total. The van der Waals surface area contributed by atoms with Crippen LogP contribution in [0.15, 0.2) is 42.5 Å². The molecule has 0 radical (unpaired) electrons. The number of benzene rings is 2. The molecule has 7 heteroatoms. The number of carbonyl (C=O) groups excluding carboxylic acids is 1. The van der Waals surface area contributed by atoms with Crippen LogP contribution >= 0.6 is 0 Å². The number of esters is 1. The molecule has 0 unspecified atom stereocenters. The molecule has 0 bridgehead atoms. The van der Waals surface area contributed by atoms with Crippen LogP contribution in [0.4, 0.5) is 15.8 Å². The molecule has 0 aromatic heterocycles. The summed E-state index contributed by atoms with van der Waals surface area (Å²) in [5.41, 5.74) is 0.437. The maximum Gasteiger partial charge on any atom is 0.308 e. The Hall–Kier alpha value is -2.96. The van der Waals surface area contributed by atoms with Gasteiger partial charge in [-0.2, -0.15) is 0 Å². The number of carbonyl (C=O) groups is 1. The van der Waals surface area contributed by atoms with Gasteiger partial charge in [-0.3, -0.25) is 14.9 Å². The number of nitro benzene ring substituents is 1. The molecule has 23 heavy (non-hydrogen) atoms. The van der Waals surface area contributed by atoms with Crippen molar-refractivity contribution >= 4 is 17.3 Å². The van der Waals surface area contributed by atoms with E-state index in [-0.39, 0.29) is 11.4 Å². The van der Waals surface area contributed by atoms with Gasteiger partial charge in [0.1, 0.15) is 5.69 Å². The second-order valence-corrected chi connectivity index (χ2v) is 4.97. The standard InChI is InChI=1S/C16H15FN2O4/c1-11(20)23-15-9-13(19(21)22)8-14(17)16(15)18(2)10-12-6-4-3-5-7-12/h3-9H,10H2,1-2H3. The number of nitrogens with zero attached hydrogens (tertiary/aromatic N) is 2. The average Bonchev–Trinajstić information content (AvgIpc) is 2.46. The normalized spacial score (nSPS) is 10.2. The second kappa shape index (κ2) is 6.87. The molecule has 120 valence electrons. The van der Waals surface area contributed by atoms with E-state index in [0.29, 0.717) is 6.54 Å². The van der Waals surface area contributed by atoms with Gasteiger partial charge in [0, 0.05) is 20.5 Å². The number of ether oxygens (including phenoxy) is 1. The summed E-state index contributed by atoms with van der Waals surface area (Å²) >= 11 is 0. The number of halogens is 1. The first kappa shape index (κ1) is 16.4. The Labute approximate surface area is 132 Å². The zero-order valence-electron chi connectivity index (χ0n) is 12.7. The maximum atomic E-state index is 14.3. The molecule has 0 N–H and O–H groups in total. The molecule has 0 saturated heterocycles. The van der Waals surface area contributed by atoms with Crippen LogP contribution in [0.2, 0.25) is 0 Å². The van der Waals surface area contributed by atoms with Crippen LogP contribution in [0.5, 0.6) is 5.75 Å². The maximum absolute atomic E-state index is 14.3. The van der Waals surface area contributed by atoms with Gasteiger partial charge in [-0.25, -0.2) is 4.39 Å². The summed E-state index contributed by atoms with van der Waals surface area (Å²) in [6.07, 6.45) is 0. The summed E-state index contributed by atoms with van der Waals surface area (Å²) in [5.74, 6) is -1.68. The van der Waals surface area contributed by atoms with E-state index in [0.717, 1.165) is 24.6 Å². The minimum absolute atomic E-state index is 0.00495. The van der Waals surface area contributed by atoms with Gasteiger partial charge in [0.15, 0.2) is 11.6 Å². The molecule has 0 amide bonds. The Morgan fingerprint density at radius 3 is 2.52 bits per heavy atom. The molecule has 2 aromatic carbocycles. The number of hydrogen-bond acceptors (Lipinski definition) is 5. The molecule has 0 aliphatic heterocycles. The van der Waals surface area contributed by atoms with Crippen molar-refractivity contribution in [2.75, 3.05) is 11.9 Å². The summed E-state index contributed by atoms with van der Waals surface area (Å²) in [5, 5.41) is 10.8. The van der Waals surface area contributed by atoms with Crippen molar-refractivity contribution < 1.29 is 18.8 Å². The van der Waals surface area contributed by atoms with E-state index in [4.69, 9.17) is 4.74 Å². The lowest BCUT2D eigenvalue weighted by atomic mass is 10.2. The van der Waals surface area contributed by atoms with Crippen molar-refractivity contribution in [3.05, 3.63) is 64.0 Å². The molecule has 0 aliphatic rings. The molecule has 0 aliphatic carbocycles. The quantitative estimate of drug-likeness (QED) is 0.366. The lowest BCUT2D eigenvalue weighted by Gasteiger charge is -2.22. The van der Waals surface area contributed by atoms with Crippen LogP contribution in [0.1, 0.15) is 12.5 Å². The largest absolute Gasteiger partial charge is 0.424 e. The smallest absolute Gasteiger partial charge is 0.308 e. The van der Waals surface area contributed by atoms with E-state index in [2.05, 4.69) is 0 Å². The van der Waals surface area contributed by atoms with Gasteiger partial charge < -0.3 is 9.64 Å². The molecule has 2 aromatic rings. The Kier molecular flexibility index (Phi) is 4.90. The zero-order chi connectivity index (χ0) is 17.0. The topological polar surface area (TPSA) is 72.7 Å². The monoisotopic (exact) mass is 318 g/mol. The fraction of sp³-hybridized carbons (Fsp3) is 0.188. The Morgan fingerprint density at radius 1 is 1.30 bits per heavy atom. The van der Waals surface area contributed by atoms with Gasteiger partial charge in [0.2, 0.25) is 0 Å². The van der Waals surface area contributed by atoms with Gasteiger partial charge in [0.05, 0.1) is 17.1 Å². The van der Waals surface area contributed by atoms with Gasteiger partial charge in [-0.1, -0.05) is 30.3 Å². The SMILES string of the molecule is CC(=O)Oc1cc([N+](=O)[O-])cc(F)c1N(C)Cc1ccccc1. The molecule has 0 spiro atoms. The van der Waals surface area contributed by atoms with Gasteiger partial charge >= 0.3 is 5.97 Å². The van der Waals surface area contributed by atoms with E-state index in [1.54, 1.807) is 7.05 Å². The highest BCUT2D eigenvalue weighted by molar-refractivity contribution is 5.74. The third-order valence-electron chi connectivity index (χ3n) is 3.12. The van der Waals surface area contributed by atoms with Crippen molar-refractivity contribution in [1.82, 2.24) is 0 Å². The van der Waals surface area contributed by atoms with Crippen LogP contribution in [-0.4, -0.2) is 17.9 Å². The second-order valence-electron chi connectivity index (χ2n) is 4.97. The molecular formula is C16H15FN2O4. The lowest BCUT2D eigenvalue weighted by Crippen LogP contribution is -2.19. The molecule has 0 fully saturated rings. The van der Waals surface area contributed by atoms with E-state index < -0.39 is 22.4 Å². The summed E-state index contributed by atoms with van der Waals surface area (Å²) < 4.78 is 19.3. The van der Waals surface area contributed by atoms with Crippen molar-refractivity contribution in [2.24, 2.45) is 0 Å². The van der Waals surface area contributed by atoms with Gasteiger partial charge in [-0.15, -0.1) is 0 Å². The molecule has 0 atom stereocenters. The van der Waals surface area contributed by atoms with Gasteiger partial charge in [-0.05, 0) is 5.56 Å². The highest BCUT2D eigenvalue weighted by Gasteiger charge is 2.22. The third kappa shape index (κ3) is 4.03. The summed E-state index contributed by atoms with van der Waals surface area (Å²) in [4.78, 5) is 22.8. The van der Waals surface area contributed by atoms with E-state index >= 15 is 0 Å². The van der Waals surface area contributed by atoms with E-state index in [1.165, 1.54) is 4.90 Å². The number of non-ortho nitro benzene ring substituents is 1. The van der Waals surface area contributed by atoms with Crippen molar-refractivity contribution in [2.45, 2.75) is 13.5 Å². The Morgan fingerprint density at radius 2 is 1.96 bits per heavy atom. The summed E-state index contributed by atoms with van der Waals surface area (Å²) in [7, 11) is 1.62. The van der Waals surface area contributed by atoms with Gasteiger partial charge in [0.25, 0.3) is 5.69 Å². The minimum atomic E-state index is -0.825. The zero-order valence-corrected chi connectivity index (χ0v) is 12.7. The van der Waals surface area contributed by atoms with E-state index in [9.17, 15) is 19.3 Å². The Bertz CT molecular complexity index is 734. The Balaban J connectivity index is 2.42. The first-order chi connectivity index (χ1) is 10.9. The highest BCUT2D eigenvalue weighted by atomic mass is 19.1. The van der Waals surface area contributed by atoms with Crippen LogP contribution < -0.4 is 9.64 Å². The van der Waals surface area contributed by atoms with Crippen molar-refractivity contribution in [3.63, 3.8) is 0 Å². The predicted molar refractivity (Wildman–Crippen MR) is 82.9 cm³/mol. The summed E-state index contributed by atoms with van der Waals surface area (Å²) in [6.45, 7) is 1.50. The number of nitro groups is 1. The molecule has 0 saturated carbocycles. The fourth-order valence-corrected chi connectivity index (χ4v) is 2.21. The third-order valence-corrected chi connectivity index (χ3v) is 3.12. The average molecular weight is 318 g/mol. The molecular weight excluding hydrogens is 303 g/mol. The summed E-state index contributed by atoms with van der Waals surface area (Å²) in [6, 6.07) is 11.1. The minimum Gasteiger partial charge on any atom is -0.424 e. The number of rotatable bonds is 5. The highest BCUT2D eigenvalue weighted by Crippen LogP contribution is 2.35. The number of anilines is 1. The number of hydrogen-bond donors (Lipinski definition) is 0.